The maximum absolute atomic E-state index is 11.0. The van der Waals surface area contributed by atoms with Gasteiger partial charge < -0.3 is 35.4 Å². The summed E-state index contributed by atoms with van der Waals surface area (Å²) in [6.07, 6.45) is -6.73. The zero-order valence-electron chi connectivity index (χ0n) is 11.1. The standard InChI is InChI=1S/C10H18N2O9/c1-4(13)6(9(17)18)12(11-20)3-10(19)8(16)7(15)5(14)2-21-10/h4-8,13-16,19H,2-3H2,1H3,(H,17,18)/t4-,5-,6-,7-,8-,10-/m1/s1. The second kappa shape index (κ2) is 6.60. The Hall–Kier alpha value is -1.37. The Morgan fingerprint density at radius 3 is 2.48 bits per heavy atom. The Bertz CT molecular complexity index is 393. The minimum Gasteiger partial charge on any atom is -0.480 e. The first-order valence-corrected chi connectivity index (χ1v) is 6.05. The van der Waals surface area contributed by atoms with Crippen molar-refractivity contribution in [1.82, 2.24) is 5.01 Å². The van der Waals surface area contributed by atoms with Gasteiger partial charge in [0.05, 0.1) is 24.5 Å². The molecule has 0 amide bonds. The van der Waals surface area contributed by atoms with E-state index in [-0.39, 0.29) is 5.01 Å². The lowest BCUT2D eigenvalue weighted by molar-refractivity contribution is -0.326. The van der Waals surface area contributed by atoms with Crippen LogP contribution < -0.4 is 0 Å². The topological polar surface area (TPSA) is 180 Å². The Morgan fingerprint density at radius 2 is 2.05 bits per heavy atom. The van der Waals surface area contributed by atoms with E-state index in [4.69, 9.17) is 9.84 Å². The van der Waals surface area contributed by atoms with Crippen molar-refractivity contribution in [2.24, 2.45) is 5.29 Å². The zero-order chi connectivity index (χ0) is 16.4. The van der Waals surface area contributed by atoms with E-state index < -0.39 is 55.4 Å². The second-order valence-electron chi connectivity index (χ2n) is 4.86. The first-order chi connectivity index (χ1) is 9.64. The van der Waals surface area contributed by atoms with Gasteiger partial charge in [-0.15, -0.1) is 4.91 Å². The van der Waals surface area contributed by atoms with Crippen LogP contribution in [0, 0.1) is 4.91 Å². The summed E-state index contributed by atoms with van der Waals surface area (Å²) < 4.78 is 4.78. The van der Waals surface area contributed by atoms with Crippen molar-refractivity contribution in [3.05, 3.63) is 4.91 Å². The molecule has 11 heteroatoms. The van der Waals surface area contributed by atoms with Crippen LogP contribution in [0.4, 0.5) is 0 Å². The molecule has 0 aromatic rings. The highest BCUT2D eigenvalue weighted by Crippen LogP contribution is 2.26. The van der Waals surface area contributed by atoms with Crippen LogP contribution >= 0.6 is 0 Å². The molecule has 0 saturated carbocycles. The van der Waals surface area contributed by atoms with E-state index in [1.165, 1.54) is 0 Å². The molecule has 1 aliphatic rings. The van der Waals surface area contributed by atoms with Crippen LogP contribution in [-0.4, -0.2) is 91.0 Å². The van der Waals surface area contributed by atoms with Gasteiger partial charge in [0.25, 0.3) is 0 Å². The van der Waals surface area contributed by atoms with Crippen LogP contribution in [0.2, 0.25) is 0 Å². The molecular weight excluding hydrogens is 292 g/mol. The molecule has 1 aliphatic heterocycles. The van der Waals surface area contributed by atoms with Crippen LogP contribution in [0.15, 0.2) is 5.29 Å². The monoisotopic (exact) mass is 310 g/mol. The molecule has 0 aliphatic carbocycles. The summed E-state index contributed by atoms with van der Waals surface area (Å²) in [7, 11) is 0. The molecule has 122 valence electrons. The Balaban J connectivity index is 2.94. The lowest BCUT2D eigenvalue weighted by Crippen LogP contribution is -2.65. The number of carboxylic acids is 1. The van der Waals surface area contributed by atoms with E-state index in [9.17, 15) is 35.2 Å². The third kappa shape index (κ3) is 3.64. The van der Waals surface area contributed by atoms with Crippen LogP contribution in [0.25, 0.3) is 0 Å². The quantitative estimate of drug-likeness (QED) is 0.214. The fraction of sp³-hybridized carbons (Fsp3) is 0.900. The van der Waals surface area contributed by atoms with Gasteiger partial charge >= 0.3 is 5.97 Å². The van der Waals surface area contributed by atoms with Crippen LogP contribution in [0.5, 0.6) is 0 Å². The summed E-state index contributed by atoms with van der Waals surface area (Å²) in [4.78, 5) is 21.8. The predicted octanol–water partition coefficient (Wildman–Crippen LogP) is -3.39. The molecule has 0 bridgehead atoms. The van der Waals surface area contributed by atoms with E-state index >= 15 is 0 Å². The highest BCUT2D eigenvalue weighted by Gasteiger charge is 2.51. The Morgan fingerprint density at radius 1 is 1.48 bits per heavy atom. The van der Waals surface area contributed by atoms with Gasteiger partial charge in [0.1, 0.15) is 18.3 Å². The lowest BCUT2D eigenvalue weighted by atomic mass is 9.96. The van der Waals surface area contributed by atoms with Gasteiger partial charge in [-0.1, -0.05) is 0 Å². The molecule has 0 radical (unpaired) electrons. The largest absolute Gasteiger partial charge is 0.480 e. The van der Waals surface area contributed by atoms with Gasteiger partial charge in [0.15, 0.2) is 6.04 Å². The van der Waals surface area contributed by atoms with Crippen molar-refractivity contribution >= 4 is 5.97 Å². The fourth-order valence-electron chi connectivity index (χ4n) is 2.02. The van der Waals surface area contributed by atoms with Crippen LogP contribution in [0.1, 0.15) is 6.92 Å². The number of carbonyl (C=O) groups is 1. The summed E-state index contributed by atoms with van der Waals surface area (Å²) in [6.45, 7) is -0.380. The smallest absolute Gasteiger partial charge is 0.330 e. The number of aliphatic hydroxyl groups is 5. The normalized spacial score (nSPS) is 35.8. The summed E-state index contributed by atoms with van der Waals surface area (Å²) in [5.41, 5.74) is 0. The van der Waals surface area contributed by atoms with Gasteiger partial charge in [0, 0.05) is 0 Å². The highest BCUT2D eigenvalue weighted by atomic mass is 16.6. The second-order valence-corrected chi connectivity index (χ2v) is 4.86. The number of rotatable bonds is 6. The first-order valence-electron chi connectivity index (χ1n) is 6.05. The molecule has 1 fully saturated rings. The van der Waals surface area contributed by atoms with Crippen molar-refractivity contribution in [2.75, 3.05) is 13.2 Å². The molecule has 0 unspecified atom stereocenters. The molecule has 6 atom stereocenters. The molecule has 0 aromatic heterocycles. The number of nitrogens with zero attached hydrogens (tertiary/aromatic N) is 2. The molecule has 0 spiro atoms. The maximum atomic E-state index is 11.0. The number of hydrogen-bond acceptors (Lipinski definition) is 9. The van der Waals surface area contributed by atoms with Crippen LogP contribution in [0.3, 0.4) is 0 Å². The highest BCUT2D eigenvalue weighted by molar-refractivity contribution is 5.74. The van der Waals surface area contributed by atoms with Gasteiger partial charge in [-0.3, -0.25) is 0 Å². The van der Waals surface area contributed by atoms with E-state index in [0.717, 1.165) is 6.92 Å². The molecular formula is C10H18N2O9. The molecule has 1 heterocycles. The SMILES string of the molecule is C[C@@H](O)[C@H](C(=O)O)N(C[C@@]1(O)OC[C@@H](O)[C@@H](O)[C@H]1O)N=O. The van der Waals surface area contributed by atoms with Crippen molar-refractivity contribution in [3.8, 4) is 0 Å². The number of carboxylic acid groups (broad SMARTS) is 1. The number of aliphatic hydroxyl groups excluding tert-OH is 4. The van der Waals surface area contributed by atoms with E-state index in [2.05, 4.69) is 5.29 Å². The molecule has 0 aromatic carbocycles. The minimum atomic E-state index is -2.53. The first kappa shape index (κ1) is 17.7. The number of hydrogen-bond donors (Lipinski definition) is 6. The lowest BCUT2D eigenvalue weighted by Gasteiger charge is -2.43. The Kier molecular flexibility index (Phi) is 5.55. The molecule has 6 N–H and O–H groups in total. The number of ether oxygens (including phenoxy) is 1. The zero-order valence-corrected chi connectivity index (χ0v) is 11.1. The summed E-state index contributed by atoms with van der Waals surface area (Å²) in [6, 6.07) is -1.79. The van der Waals surface area contributed by atoms with Crippen molar-refractivity contribution < 1.29 is 40.2 Å². The molecule has 21 heavy (non-hydrogen) atoms. The van der Waals surface area contributed by atoms with Crippen LogP contribution in [-0.2, 0) is 9.53 Å². The average Bonchev–Trinajstić information content (AvgIpc) is 2.39. The fourth-order valence-corrected chi connectivity index (χ4v) is 2.02. The average molecular weight is 310 g/mol. The third-order valence-corrected chi connectivity index (χ3v) is 3.21. The van der Waals surface area contributed by atoms with Gasteiger partial charge in [-0.05, 0) is 6.92 Å². The summed E-state index contributed by atoms with van der Waals surface area (Å²) in [5, 5.41) is 59.5. The molecule has 11 nitrogen and oxygen atoms in total. The van der Waals surface area contributed by atoms with Crippen molar-refractivity contribution in [2.45, 2.75) is 43.2 Å². The van der Waals surface area contributed by atoms with E-state index in [0.29, 0.717) is 0 Å². The summed E-state index contributed by atoms with van der Waals surface area (Å²) >= 11 is 0. The van der Waals surface area contributed by atoms with E-state index in [1.54, 1.807) is 0 Å². The van der Waals surface area contributed by atoms with Crippen molar-refractivity contribution in [3.63, 3.8) is 0 Å². The summed E-state index contributed by atoms with van der Waals surface area (Å²) in [5.74, 6) is -4.12. The molecule has 1 saturated heterocycles. The van der Waals surface area contributed by atoms with E-state index in [1.807, 2.05) is 0 Å². The third-order valence-electron chi connectivity index (χ3n) is 3.21. The number of aliphatic carboxylic acids is 1. The van der Waals surface area contributed by atoms with Gasteiger partial charge in [-0.2, -0.15) is 0 Å². The van der Waals surface area contributed by atoms with Crippen molar-refractivity contribution in [1.29, 1.82) is 0 Å². The maximum Gasteiger partial charge on any atom is 0.330 e. The molecule has 1 rings (SSSR count). The van der Waals surface area contributed by atoms with Gasteiger partial charge in [0.2, 0.25) is 5.79 Å². The Labute approximate surface area is 118 Å². The minimum absolute atomic E-state index is 0.278. The predicted molar refractivity (Wildman–Crippen MR) is 64.5 cm³/mol. The van der Waals surface area contributed by atoms with Gasteiger partial charge in [-0.25, -0.2) is 9.80 Å². The number of nitroso groups, excluding NO2 is 1.